The average molecular weight is 257 g/mol. The number of halogens is 2. The van der Waals surface area contributed by atoms with Crippen LogP contribution < -0.4 is 5.73 Å². The Morgan fingerprint density at radius 3 is 2.44 bits per heavy atom. The van der Waals surface area contributed by atoms with Crippen LogP contribution in [-0.4, -0.2) is 12.2 Å². The van der Waals surface area contributed by atoms with Crippen molar-refractivity contribution < 1.29 is 13.5 Å². The van der Waals surface area contributed by atoms with Crippen molar-refractivity contribution in [3.05, 3.63) is 34.9 Å². The summed E-state index contributed by atoms with van der Waals surface area (Å²) in [5.74, 6) is -1.20. The number of hydrogen-bond donors (Lipinski definition) is 1. The lowest BCUT2D eigenvalue weighted by atomic mass is 9.87. The van der Waals surface area contributed by atoms with Gasteiger partial charge in [-0.25, -0.2) is 8.78 Å². The molecule has 0 heterocycles. The van der Waals surface area contributed by atoms with E-state index in [1.807, 2.05) is 13.8 Å². The molecular weight excluding hydrogens is 236 g/mol. The van der Waals surface area contributed by atoms with E-state index in [1.165, 1.54) is 12.1 Å². The zero-order chi connectivity index (χ0) is 13.9. The maximum absolute atomic E-state index is 14.0. The number of ether oxygens (including phenoxy) is 1. The molecule has 2 N–H and O–H groups in total. The van der Waals surface area contributed by atoms with Crippen LogP contribution in [0.25, 0.3) is 0 Å². The second-order valence-corrected chi connectivity index (χ2v) is 4.67. The van der Waals surface area contributed by atoms with Crippen molar-refractivity contribution in [2.24, 2.45) is 5.73 Å². The van der Waals surface area contributed by atoms with Gasteiger partial charge in [-0.15, -0.1) is 0 Å². The predicted molar refractivity (Wildman–Crippen MR) is 68.3 cm³/mol. The fourth-order valence-corrected chi connectivity index (χ4v) is 2.01. The highest BCUT2D eigenvalue weighted by Crippen LogP contribution is 2.33. The molecule has 0 radical (unpaired) electrons. The summed E-state index contributed by atoms with van der Waals surface area (Å²) in [5.41, 5.74) is 5.56. The first-order valence-corrected chi connectivity index (χ1v) is 6.21. The molecule has 0 aromatic heterocycles. The molecule has 102 valence electrons. The Hall–Kier alpha value is -1.00. The largest absolute Gasteiger partial charge is 0.374 e. The quantitative estimate of drug-likeness (QED) is 0.876. The maximum Gasteiger partial charge on any atom is 0.133 e. The van der Waals surface area contributed by atoms with E-state index in [0.29, 0.717) is 18.6 Å². The minimum absolute atomic E-state index is 0.0900. The lowest BCUT2D eigenvalue weighted by Gasteiger charge is -2.35. The van der Waals surface area contributed by atoms with Crippen LogP contribution in [0.15, 0.2) is 12.1 Å². The van der Waals surface area contributed by atoms with E-state index in [2.05, 4.69) is 0 Å². The molecule has 0 spiro atoms. The zero-order valence-electron chi connectivity index (χ0n) is 11.4. The first kappa shape index (κ1) is 15.1. The molecule has 0 aliphatic carbocycles. The smallest absolute Gasteiger partial charge is 0.133 e. The van der Waals surface area contributed by atoms with E-state index in [-0.39, 0.29) is 5.56 Å². The van der Waals surface area contributed by atoms with E-state index in [1.54, 1.807) is 13.8 Å². The van der Waals surface area contributed by atoms with Gasteiger partial charge >= 0.3 is 0 Å². The highest BCUT2D eigenvalue weighted by molar-refractivity contribution is 5.30. The van der Waals surface area contributed by atoms with Crippen molar-refractivity contribution in [2.45, 2.75) is 45.8 Å². The Labute approximate surface area is 107 Å². The highest BCUT2D eigenvalue weighted by atomic mass is 19.1. The average Bonchev–Trinajstić information content (AvgIpc) is 2.34. The fourth-order valence-electron chi connectivity index (χ4n) is 2.01. The van der Waals surface area contributed by atoms with Crippen LogP contribution in [0.2, 0.25) is 0 Å². The molecule has 0 saturated heterocycles. The van der Waals surface area contributed by atoms with Crippen molar-refractivity contribution >= 4 is 0 Å². The predicted octanol–water partition coefficient (Wildman–Crippen LogP) is 3.48. The zero-order valence-corrected chi connectivity index (χ0v) is 11.4. The highest BCUT2D eigenvalue weighted by Gasteiger charge is 2.35. The summed E-state index contributed by atoms with van der Waals surface area (Å²) in [7, 11) is 0. The van der Waals surface area contributed by atoms with Crippen molar-refractivity contribution in [2.75, 3.05) is 6.61 Å². The fraction of sp³-hybridized carbons (Fsp3) is 0.571. The summed E-state index contributed by atoms with van der Waals surface area (Å²) in [6.07, 6.45) is 0.578. The van der Waals surface area contributed by atoms with E-state index in [0.717, 1.165) is 0 Å². The number of aryl methyl sites for hydroxylation is 1. The van der Waals surface area contributed by atoms with Gasteiger partial charge in [-0.1, -0.05) is 13.0 Å². The second-order valence-electron chi connectivity index (χ2n) is 4.67. The molecule has 1 aromatic carbocycles. The molecule has 0 fully saturated rings. The number of nitrogens with two attached hydrogens (primary N) is 1. The standard InChI is InChI=1S/C14H21F2NO/c1-5-14(4,18-6-2)13(17)11-10(15)8-7-9(3)12(11)16/h7-8,13H,5-6,17H2,1-4H3. The molecule has 0 saturated carbocycles. The summed E-state index contributed by atoms with van der Waals surface area (Å²) in [6.45, 7) is 7.55. The summed E-state index contributed by atoms with van der Waals surface area (Å²) < 4.78 is 33.4. The topological polar surface area (TPSA) is 35.2 Å². The van der Waals surface area contributed by atoms with Gasteiger partial charge in [0.25, 0.3) is 0 Å². The summed E-state index contributed by atoms with van der Waals surface area (Å²) in [6, 6.07) is 1.82. The number of rotatable bonds is 5. The van der Waals surface area contributed by atoms with Gasteiger partial charge in [0, 0.05) is 12.2 Å². The van der Waals surface area contributed by atoms with Crippen molar-refractivity contribution in [1.29, 1.82) is 0 Å². The number of benzene rings is 1. The lowest BCUT2D eigenvalue weighted by Crippen LogP contribution is -2.41. The normalized spacial score (nSPS) is 16.4. The lowest BCUT2D eigenvalue weighted by molar-refractivity contribution is -0.0486. The Bertz CT molecular complexity index is 423. The van der Waals surface area contributed by atoms with Crippen molar-refractivity contribution in [1.82, 2.24) is 0 Å². The third-order valence-electron chi connectivity index (χ3n) is 3.46. The first-order chi connectivity index (χ1) is 8.37. The van der Waals surface area contributed by atoms with Gasteiger partial charge in [0.1, 0.15) is 11.6 Å². The molecule has 0 aliphatic heterocycles. The van der Waals surface area contributed by atoms with Crippen LogP contribution in [0.4, 0.5) is 8.78 Å². The van der Waals surface area contributed by atoms with Gasteiger partial charge in [-0.3, -0.25) is 0 Å². The van der Waals surface area contributed by atoms with Gasteiger partial charge in [-0.05, 0) is 38.8 Å². The minimum atomic E-state index is -0.831. The van der Waals surface area contributed by atoms with Gasteiger partial charge in [0.15, 0.2) is 0 Å². The molecule has 2 atom stereocenters. The third kappa shape index (κ3) is 2.70. The van der Waals surface area contributed by atoms with Crippen LogP contribution >= 0.6 is 0 Å². The van der Waals surface area contributed by atoms with E-state index >= 15 is 0 Å². The molecule has 4 heteroatoms. The Kier molecular flexibility index (Phi) is 4.82. The Balaban J connectivity index is 3.25. The van der Waals surface area contributed by atoms with Gasteiger partial charge < -0.3 is 10.5 Å². The molecule has 18 heavy (non-hydrogen) atoms. The van der Waals surface area contributed by atoms with Crippen LogP contribution in [0.1, 0.15) is 44.4 Å². The SMILES string of the molecule is CCOC(C)(CC)C(N)c1c(F)ccc(C)c1F. The second kappa shape index (κ2) is 5.76. The summed E-state index contributed by atoms with van der Waals surface area (Å²) >= 11 is 0. The Morgan fingerprint density at radius 2 is 1.94 bits per heavy atom. The molecule has 0 amide bonds. The molecule has 1 rings (SSSR count). The maximum atomic E-state index is 14.0. The molecule has 0 bridgehead atoms. The van der Waals surface area contributed by atoms with E-state index in [9.17, 15) is 8.78 Å². The third-order valence-corrected chi connectivity index (χ3v) is 3.46. The molecule has 2 nitrogen and oxygen atoms in total. The minimum Gasteiger partial charge on any atom is -0.374 e. The van der Waals surface area contributed by atoms with Crippen LogP contribution in [0.5, 0.6) is 0 Å². The number of hydrogen-bond acceptors (Lipinski definition) is 2. The van der Waals surface area contributed by atoms with Gasteiger partial charge in [0.05, 0.1) is 11.6 Å². The van der Waals surface area contributed by atoms with E-state index in [4.69, 9.17) is 10.5 Å². The first-order valence-electron chi connectivity index (χ1n) is 6.21. The molecular formula is C14H21F2NO. The molecule has 2 unspecified atom stereocenters. The Morgan fingerprint density at radius 1 is 1.33 bits per heavy atom. The van der Waals surface area contributed by atoms with Gasteiger partial charge in [0.2, 0.25) is 0 Å². The van der Waals surface area contributed by atoms with Gasteiger partial charge in [-0.2, -0.15) is 0 Å². The van der Waals surface area contributed by atoms with Crippen molar-refractivity contribution in [3.63, 3.8) is 0 Å². The molecule has 0 aliphatic rings. The van der Waals surface area contributed by atoms with Crippen molar-refractivity contribution in [3.8, 4) is 0 Å². The molecule has 1 aromatic rings. The van der Waals surface area contributed by atoms with Crippen LogP contribution in [0, 0.1) is 18.6 Å². The van der Waals surface area contributed by atoms with Crippen LogP contribution in [0.3, 0.4) is 0 Å². The van der Waals surface area contributed by atoms with Crippen LogP contribution in [-0.2, 0) is 4.74 Å². The monoisotopic (exact) mass is 257 g/mol. The summed E-state index contributed by atoms with van der Waals surface area (Å²) in [5, 5.41) is 0. The van der Waals surface area contributed by atoms with E-state index < -0.39 is 23.3 Å². The summed E-state index contributed by atoms with van der Waals surface area (Å²) in [4.78, 5) is 0.